The number of aromatic nitrogens is 5. The number of hydrogen-bond acceptors (Lipinski definition) is 8. The average molecular weight is 490 g/mol. The van der Waals surface area contributed by atoms with Gasteiger partial charge < -0.3 is 15.5 Å². The number of nitrogens with one attached hydrogen (secondary N) is 2. The Morgan fingerprint density at radius 3 is 2.43 bits per heavy atom. The number of rotatable bonds is 7. The molecular formula is C25H28ClN9. The Hall–Kier alpha value is -3.53. The topological polar surface area (TPSA) is 87.0 Å². The molecule has 0 amide bonds. The minimum atomic E-state index is 0.418. The van der Waals surface area contributed by atoms with Gasteiger partial charge in [0.15, 0.2) is 11.6 Å². The van der Waals surface area contributed by atoms with Crippen molar-refractivity contribution >= 4 is 34.7 Å². The zero-order valence-corrected chi connectivity index (χ0v) is 20.6. The minimum absolute atomic E-state index is 0.418. The second-order valence-corrected chi connectivity index (χ2v) is 9.11. The zero-order valence-electron chi connectivity index (χ0n) is 19.8. The van der Waals surface area contributed by atoms with Crippen LogP contribution >= 0.6 is 11.6 Å². The molecule has 3 heterocycles. The maximum atomic E-state index is 6.42. The van der Waals surface area contributed by atoms with Gasteiger partial charge in [0, 0.05) is 51.0 Å². The predicted molar refractivity (Wildman–Crippen MR) is 139 cm³/mol. The van der Waals surface area contributed by atoms with Gasteiger partial charge in [0.1, 0.15) is 11.3 Å². The summed E-state index contributed by atoms with van der Waals surface area (Å²) < 4.78 is 1.67. The Morgan fingerprint density at radius 1 is 0.914 bits per heavy atom. The molecule has 2 aromatic heterocycles. The summed E-state index contributed by atoms with van der Waals surface area (Å²) in [6.07, 6.45) is 3.25. The van der Waals surface area contributed by atoms with Crippen LogP contribution in [0.25, 0.3) is 11.4 Å². The van der Waals surface area contributed by atoms with Crippen molar-refractivity contribution in [2.75, 3.05) is 43.9 Å². The van der Waals surface area contributed by atoms with Gasteiger partial charge in [-0.15, -0.1) is 0 Å². The van der Waals surface area contributed by atoms with Crippen molar-refractivity contribution in [3.63, 3.8) is 0 Å². The van der Waals surface area contributed by atoms with E-state index in [9.17, 15) is 0 Å². The Labute approximate surface area is 209 Å². The summed E-state index contributed by atoms with van der Waals surface area (Å²) in [6, 6.07) is 16.2. The third kappa shape index (κ3) is 5.76. The van der Waals surface area contributed by atoms with E-state index in [4.69, 9.17) is 11.6 Å². The van der Waals surface area contributed by atoms with Crippen molar-refractivity contribution in [1.29, 1.82) is 0 Å². The van der Waals surface area contributed by atoms with Crippen molar-refractivity contribution in [3.05, 3.63) is 71.6 Å². The summed E-state index contributed by atoms with van der Waals surface area (Å²) in [5.41, 5.74) is 3.87. The van der Waals surface area contributed by atoms with Crippen LogP contribution in [0.15, 0.2) is 61.1 Å². The van der Waals surface area contributed by atoms with Gasteiger partial charge in [-0.05, 0) is 36.9 Å². The van der Waals surface area contributed by atoms with Crippen molar-refractivity contribution in [1.82, 2.24) is 34.5 Å². The molecule has 1 fully saturated rings. The van der Waals surface area contributed by atoms with Crippen LogP contribution in [0.1, 0.15) is 5.56 Å². The normalized spacial score (nSPS) is 14.7. The standard InChI is InChI=1S/C25H28ClN9/c1-33-11-13-35(14-12-33)16-18-7-9-19(10-8-18)29-25-27-15-21(26)24(31-25)30-22-6-4-3-5-20(22)23-28-17-34(2)32-23/h3-10,15,17H,11-14,16H2,1-2H3,(H2,27,29,30,31). The largest absolute Gasteiger partial charge is 0.338 e. The summed E-state index contributed by atoms with van der Waals surface area (Å²) in [5.74, 6) is 1.58. The molecule has 1 saturated heterocycles. The fourth-order valence-corrected chi connectivity index (χ4v) is 4.12. The maximum Gasteiger partial charge on any atom is 0.229 e. The van der Waals surface area contributed by atoms with E-state index >= 15 is 0 Å². The number of piperazine rings is 1. The van der Waals surface area contributed by atoms with Gasteiger partial charge in [-0.2, -0.15) is 10.1 Å². The van der Waals surface area contributed by atoms with Crippen molar-refractivity contribution in [3.8, 4) is 11.4 Å². The predicted octanol–water partition coefficient (Wildman–Crippen LogP) is 4.16. The van der Waals surface area contributed by atoms with E-state index in [0.29, 0.717) is 22.6 Å². The summed E-state index contributed by atoms with van der Waals surface area (Å²) >= 11 is 6.42. The van der Waals surface area contributed by atoms with E-state index in [1.54, 1.807) is 17.2 Å². The number of halogens is 1. The average Bonchev–Trinajstić information content (AvgIpc) is 3.30. The molecule has 9 nitrogen and oxygen atoms in total. The summed E-state index contributed by atoms with van der Waals surface area (Å²) in [6.45, 7) is 5.40. The van der Waals surface area contributed by atoms with Gasteiger partial charge in [-0.25, -0.2) is 9.97 Å². The molecule has 10 heteroatoms. The Balaban J connectivity index is 1.28. The van der Waals surface area contributed by atoms with Crippen LogP contribution in [0.4, 0.5) is 23.1 Å². The third-order valence-electron chi connectivity index (χ3n) is 5.98. The number of likely N-dealkylation sites (N-methyl/N-ethyl adjacent to an activating group) is 1. The maximum absolute atomic E-state index is 6.42. The van der Waals surface area contributed by atoms with Crippen LogP contribution in [-0.4, -0.2) is 67.8 Å². The molecule has 0 spiro atoms. The lowest BCUT2D eigenvalue weighted by Gasteiger charge is -2.32. The molecule has 0 radical (unpaired) electrons. The van der Waals surface area contributed by atoms with E-state index in [-0.39, 0.29) is 0 Å². The molecule has 35 heavy (non-hydrogen) atoms. The first-order valence-electron chi connectivity index (χ1n) is 11.5. The molecule has 1 aliphatic heterocycles. The Morgan fingerprint density at radius 2 is 1.69 bits per heavy atom. The lowest BCUT2D eigenvalue weighted by molar-refractivity contribution is 0.148. The third-order valence-corrected chi connectivity index (χ3v) is 6.25. The molecule has 2 aromatic carbocycles. The smallest absolute Gasteiger partial charge is 0.229 e. The van der Waals surface area contributed by atoms with Gasteiger partial charge in [-0.3, -0.25) is 9.58 Å². The number of para-hydroxylation sites is 1. The highest BCUT2D eigenvalue weighted by Gasteiger charge is 2.14. The number of hydrogen-bond donors (Lipinski definition) is 2. The van der Waals surface area contributed by atoms with Crippen LogP contribution in [0.2, 0.25) is 5.02 Å². The van der Waals surface area contributed by atoms with E-state index in [0.717, 1.165) is 49.7 Å². The van der Waals surface area contributed by atoms with Gasteiger partial charge in [0.05, 0.1) is 11.9 Å². The first-order chi connectivity index (χ1) is 17.0. The fourth-order valence-electron chi connectivity index (χ4n) is 3.98. The molecule has 0 aliphatic carbocycles. The highest BCUT2D eigenvalue weighted by Crippen LogP contribution is 2.30. The molecule has 5 rings (SSSR count). The number of benzene rings is 2. The Kier molecular flexibility index (Phi) is 6.89. The lowest BCUT2D eigenvalue weighted by Crippen LogP contribution is -2.43. The van der Waals surface area contributed by atoms with E-state index < -0.39 is 0 Å². The van der Waals surface area contributed by atoms with Crippen LogP contribution < -0.4 is 10.6 Å². The molecule has 0 saturated carbocycles. The monoisotopic (exact) mass is 489 g/mol. The first-order valence-corrected chi connectivity index (χ1v) is 11.9. The second-order valence-electron chi connectivity index (χ2n) is 8.70. The van der Waals surface area contributed by atoms with Crippen LogP contribution in [-0.2, 0) is 13.6 Å². The second kappa shape index (κ2) is 10.4. The molecule has 0 unspecified atom stereocenters. The fraction of sp³-hybridized carbons (Fsp3) is 0.280. The quantitative estimate of drug-likeness (QED) is 0.400. The van der Waals surface area contributed by atoms with Crippen LogP contribution in [0, 0.1) is 0 Å². The number of anilines is 4. The molecule has 0 bridgehead atoms. The highest BCUT2D eigenvalue weighted by atomic mass is 35.5. The summed E-state index contributed by atoms with van der Waals surface area (Å²) in [5, 5.41) is 11.4. The SMILES string of the molecule is CN1CCN(Cc2ccc(Nc3ncc(Cl)c(Nc4ccccc4-c4ncn(C)n4)n3)cc2)CC1. The van der Waals surface area contributed by atoms with Crippen molar-refractivity contribution in [2.24, 2.45) is 7.05 Å². The molecule has 1 aliphatic rings. The van der Waals surface area contributed by atoms with Crippen LogP contribution in [0.3, 0.4) is 0 Å². The lowest BCUT2D eigenvalue weighted by atomic mass is 10.1. The summed E-state index contributed by atoms with van der Waals surface area (Å²) in [4.78, 5) is 18.2. The van der Waals surface area contributed by atoms with Gasteiger partial charge in [-0.1, -0.05) is 35.9 Å². The molecule has 2 N–H and O–H groups in total. The number of aryl methyl sites for hydroxylation is 1. The molecule has 0 atom stereocenters. The first kappa shape index (κ1) is 23.2. The summed E-state index contributed by atoms with van der Waals surface area (Å²) in [7, 11) is 4.01. The van der Waals surface area contributed by atoms with Gasteiger partial charge in [0.2, 0.25) is 5.95 Å². The van der Waals surface area contributed by atoms with E-state index in [1.807, 2.05) is 31.3 Å². The minimum Gasteiger partial charge on any atom is -0.338 e. The van der Waals surface area contributed by atoms with Crippen molar-refractivity contribution < 1.29 is 0 Å². The zero-order chi connectivity index (χ0) is 24.2. The Bertz CT molecular complexity index is 1280. The molecular weight excluding hydrogens is 462 g/mol. The highest BCUT2D eigenvalue weighted by molar-refractivity contribution is 6.33. The molecule has 4 aromatic rings. The van der Waals surface area contributed by atoms with Crippen molar-refractivity contribution in [2.45, 2.75) is 6.54 Å². The van der Waals surface area contributed by atoms with Gasteiger partial charge in [0.25, 0.3) is 0 Å². The number of nitrogens with zero attached hydrogens (tertiary/aromatic N) is 7. The molecule has 180 valence electrons. The van der Waals surface area contributed by atoms with E-state index in [1.165, 1.54) is 5.56 Å². The van der Waals surface area contributed by atoms with E-state index in [2.05, 4.69) is 71.8 Å². The van der Waals surface area contributed by atoms with Gasteiger partial charge >= 0.3 is 0 Å². The van der Waals surface area contributed by atoms with Crippen LogP contribution in [0.5, 0.6) is 0 Å².